The van der Waals surface area contributed by atoms with Gasteiger partial charge in [-0.25, -0.2) is 4.98 Å². The first-order valence-electron chi connectivity index (χ1n) is 8.85. The van der Waals surface area contributed by atoms with Gasteiger partial charge in [0.25, 0.3) is 0 Å². The minimum absolute atomic E-state index is 0. The smallest absolute Gasteiger partial charge is 0.191 e. The normalized spacial score (nSPS) is 20.4. The number of hydrogen-bond donors (Lipinski definition) is 3. The lowest BCUT2D eigenvalue weighted by atomic mass is 9.84. The zero-order valence-electron chi connectivity index (χ0n) is 15.2. The Bertz CT molecular complexity index is 519. The monoisotopic (exact) mass is 482 g/mol. The molecule has 2 heterocycles. The second-order valence-electron chi connectivity index (χ2n) is 6.22. The number of rotatable bonds is 9. The fraction of sp³-hybridized carbons (Fsp3) is 0.765. The van der Waals surface area contributed by atoms with Crippen molar-refractivity contribution >= 4 is 41.3 Å². The molecule has 0 bridgehead atoms. The fourth-order valence-electron chi connectivity index (χ4n) is 2.79. The number of aromatic nitrogens is 1. The highest BCUT2D eigenvalue weighted by atomic mass is 127. The highest BCUT2D eigenvalue weighted by molar-refractivity contribution is 14.0. The molecule has 1 saturated heterocycles. The van der Waals surface area contributed by atoms with Crippen LogP contribution in [0.5, 0.6) is 0 Å². The number of guanidine groups is 1. The molecule has 2 rings (SSSR count). The first-order valence-corrected chi connectivity index (χ1v) is 9.67. The number of halogens is 1. The van der Waals surface area contributed by atoms with Crippen LogP contribution in [0.25, 0.3) is 0 Å². The predicted molar refractivity (Wildman–Crippen MR) is 114 cm³/mol. The van der Waals surface area contributed by atoms with Crippen LogP contribution >= 0.6 is 35.3 Å². The highest BCUT2D eigenvalue weighted by Crippen LogP contribution is 2.32. The van der Waals surface area contributed by atoms with E-state index in [1.807, 2.05) is 6.20 Å². The van der Waals surface area contributed by atoms with Crippen molar-refractivity contribution in [1.82, 2.24) is 15.6 Å². The number of nitrogens with one attached hydrogen (secondary N) is 2. The molecule has 25 heavy (non-hydrogen) atoms. The summed E-state index contributed by atoms with van der Waals surface area (Å²) >= 11 is 1.78. The van der Waals surface area contributed by atoms with Crippen molar-refractivity contribution in [2.45, 2.75) is 39.5 Å². The van der Waals surface area contributed by atoms with E-state index in [-0.39, 0.29) is 36.0 Å². The zero-order valence-corrected chi connectivity index (χ0v) is 18.4. The predicted octanol–water partition coefficient (Wildman–Crippen LogP) is 2.21. The SMILES string of the molecule is CCNC(=NCC1(CCO)CCOC1)NCCc1ncc(CC)s1.I. The molecule has 0 aliphatic carbocycles. The van der Waals surface area contributed by atoms with E-state index >= 15 is 0 Å². The maximum absolute atomic E-state index is 9.31. The molecule has 3 N–H and O–H groups in total. The summed E-state index contributed by atoms with van der Waals surface area (Å²) in [5, 5.41) is 17.1. The minimum Gasteiger partial charge on any atom is -0.396 e. The average molecular weight is 482 g/mol. The van der Waals surface area contributed by atoms with E-state index in [9.17, 15) is 5.11 Å². The van der Waals surface area contributed by atoms with E-state index in [0.717, 1.165) is 56.3 Å². The topological polar surface area (TPSA) is 78.8 Å². The van der Waals surface area contributed by atoms with E-state index in [2.05, 4.69) is 29.5 Å². The Labute approximate surface area is 171 Å². The molecule has 1 aromatic heterocycles. The molecular weight excluding hydrogens is 451 g/mol. The maximum atomic E-state index is 9.31. The number of aryl methyl sites for hydroxylation is 1. The van der Waals surface area contributed by atoms with Crippen LogP contribution < -0.4 is 10.6 Å². The Morgan fingerprint density at radius 3 is 2.88 bits per heavy atom. The molecule has 1 atom stereocenters. The molecule has 1 aliphatic heterocycles. The van der Waals surface area contributed by atoms with Gasteiger partial charge < -0.3 is 20.5 Å². The lowest BCUT2D eigenvalue weighted by molar-refractivity contribution is 0.131. The number of aliphatic imine (C=N–C) groups is 1. The molecule has 1 fully saturated rings. The van der Waals surface area contributed by atoms with Gasteiger partial charge in [-0.1, -0.05) is 6.92 Å². The van der Waals surface area contributed by atoms with Gasteiger partial charge >= 0.3 is 0 Å². The Hall–Kier alpha value is -0.450. The van der Waals surface area contributed by atoms with Gasteiger partial charge in [0.15, 0.2) is 5.96 Å². The van der Waals surface area contributed by atoms with Crippen molar-refractivity contribution in [3.63, 3.8) is 0 Å². The average Bonchev–Trinajstić information content (AvgIpc) is 3.23. The van der Waals surface area contributed by atoms with Gasteiger partial charge in [-0.05, 0) is 26.2 Å². The van der Waals surface area contributed by atoms with E-state index in [1.165, 1.54) is 4.88 Å². The van der Waals surface area contributed by atoms with Crippen LogP contribution in [0.4, 0.5) is 0 Å². The fourth-order valence-corrected chi connectivity index (χ4v) is 3.65. The molecule has 0 aromatic carbocycles. The van der Waals surface area contributed by atoms with E-state index < -0.39 is 0 Å². The van der Waals surface area contributed by atoms with Gasteiger partial charge in [-0.2, -0.15) is 0 Å². The lowest BCUT2D eigenvalue weighted by Gasteiger charge is -2.24. The largest absolute Gasteiger partial charge is 0.396 e. The van der Waals surface area contributed by atoms with Crippen molar-refractivity contribution in [3.8, 4) is 0 Å². The molecular formula is C17H31IN4O2S. The van der Waals surface area contributed by atoms with E-state index in [1.54, 1.807) is 11.3 Å². The van der Waals surface area contributed by atoms with E-state index in [4.69, 9.17) is 9.73 Å². The molecule has 1 aromatic rings. The molecule has 0 saturated carbocycles. The maximum Gasteiger partial charge on any atom is 0.191 e. The van der Waals surface area contributed by atoms with Crippen LogP contribution in [0.15, 0.2) is 11.2 Å². The Morgan fingerprint density at radius 1 is 1.44 bits per heavy atom. The third-order valence-electron chi connectivity index (χ3n) is 4.33. The molecule has 0 spiro atoms. The molecule has 0 radical (unpaired) electrons. The Balaban J connectivity index is 0.00000312. The van der Waals surface area contributed by atoms with E-state index in [0.29, 0.717) is 13.2 Å². The van der Waals surface area contributed by atoms with Crippen molar-refractivity contribution in [3.05, 3.63) is 16.1 Å². The number of aliphatic hydroxyl groups is 1. The van der Waals surface area contributed by atoms with Crippen molar-refractivity contribution < 1.29 is 9.84 Å². The van der Waals surface area contributed by atoms with Crippen LogP contribution in [0.2, 0.25) is 0 Å². The van der Waals surface area contributed by atoms with Crippen LogP contribution in [-0.4, -0.2) is 55.5 Å². The second-order valence-corrected chi connectivity index (χ2v) is 7.42. The number of nitrogens with zero attached hydrogens (tertiary/aromatic N) is 2. The number of aliphatic hydroxyl groups excluding tert-OH is 1. The molecule has 1 unspecified atom stereocenters. The molecule has 0 amide bonds. The molecule has 144 valence electrons. The summed E-state index contributed by atoms with van der Waals surface area (Å²) in [5.41, 5.74) is -0.0115. The van der Waals surface area contributed by atoms with Crippen molar-refractivity contribution in [1.29, 1.82) is 0 Å². The van der Waals surface area contributed by atoms with Gasteiger partial charge in [-0.3, -0.25) is 4.99 Å². The van der Waals surface area contributed by atoms with Gasteiger partial charge in [-0.15, -0.1) is 35.3 Å². The number of hydrogen-bond acceptors (Lipinski definition) is 5. The second kappa shape index (κ2) is 12.0. The minimum atomic E-state index is -0.0115. The Kier molecular flexibility index (Phi) is 10.9. The van der Waals surface area contributed by atoms with Gasteiger partial charge in [0.1, 0.15) is 0 Å². The third-order valence-corrected chi connectivity index (χ3v) is 5.53. The van der Waals surface area contributed by atoms with Crippen LogP contribution in [0.3, 0.4) is 0 Å². The quantitative estimate of drug-likeness (QED) is 0.286. The zero-order chi connectivity index (χ0) is 17.3. The third kappa shape index (κ3) is 7.36. The summed E-state index contributed by atoms with van der Waals surface area (Å²) in [6.45, 7) is 8.18. The lowest BCUT2D eigenvalue weighted by Crippen LogP contribution is -2.39. The van der Waals surface area contributed by atoms with Crippen LogP contribution in [-0.2, 0) is 17.6 Å². The number of ether oxygens (including phenoxy) is 1. The van der Waals surface area contributed by atoms with Crippen LogP contribution in [0, 0.1) is 5.41 Å². The standard InChI is InChI=1S/C17H30N4O2S.HI/c1-3-14-11-20-15(24-14)5-8-19-16(18-4-2)21-12-17(6-9-22)7-10-23-13-17;/h11,22H,3-10,12-13H2,1-2H3,(H2,18,19,21);1H. The first-order chi connectivity index (χ1) is 11.7. The number of thiazole rings is 1. The summed E-state index contributed by atoms with van der Waals surface area (Å²) in [4.78, 5) is 10.5. The molecule has 6 nitrogen and oxygen atoms in total. The van der Waals surface area contributed by atoms with Crippen molar-refractivity contribution in [2.75, 3.05) is 39.5 Å². The summed E-state index contributed by atoms with van der Waals surface area (Å²) in [6, 6.07) is 0. The molecule has 8 heteroatoms. The van der Waals surface area contributed by atoms with Crippen molar-refractivity contribution in [2.24, 2.45) is 10.4 Å². The summed E-state index contributed by atoms with van der Waals surface area (Å²) in [7, 11) is 0. The highest BCUT2D eigenvalue weighted by Gasteiger charge is 2.34. The van der Waals surface area contributed by atoms with Gasteiger partial charge in [0.05, 0.1) is 18.2 Å². The van der Waals surface area contributed by atoms with Crippen LogP contribution in [0.1, 0.15) is 36.6 Å². The molecule has 1 aliphatic rings. The van der Waals surface area contributed by atoms with Gasteiger partial charge in [0.2, 0.25) is 0 Å². The Morgan fingerprint density at radius 2 is 2.28 bits per heavy atom. The summed E-state index contributed by atoms with van der Waals surface area (Å²) < 4.78 is 5.53. The summed E-state index contributed by atoms with van der Waals surface area (Å²) in [5.74, 6) is 0.828. The summed E-state index contributed by atoms with van der Waals surface area (Å²) in [6.07, 6.45) is 5.63. The van der Waals surface area contributed by atoms with Gasteiger partial charge in [0, 0.05) is 49.2 Å². The first kappa shape index (κ1) is 22.6.